The van der Waals surface area contributed by atoms with Crippen molar-refractivity contribution in [2.45, 2.75) is 42.6 Å². The van der Waals surface area contributed by atoms with Crippen LogP contribution in [0.15, 0.2) is 102 Å². The van der Waals surface area contributed by atoms with E-state index in [1.54, 1.807) is 16.7 Å². The van der Waals surface area contributed by atoms with Crippen LogP contribution in [0.2, 0.25) is 0 Å². The first-order valence-electron chi connectivity index (χ1n) is 13.0. The SMILES string of the molecule is O=C(O)C1=C(C2CCCC2)CS[C@@H]2C(NC(c3ccccc3)(c3ccccc3)c3ccccc3)C(=O)N12. The minimum atomic E-state index is -0.987. The summed E-state index contributed by atoms with van der Waals surface area (Å²) >= 11 is 1.69. The number of fused-ring (bicyclic) bond motifs is 1. The molecule has 3 aliphatic rings. The van der Waals surface area contributed by atoms with Crippen LogP contribution in [0.25, 0.3) is 0 Å². The summed E-state index contributed by atoms with van der Waals surface area (Å²) in [7, 11) is 0. The van der Waals surface area contributed by atoms with Crippen molar-refractivity contribution in [2.75, 3.05) is 5.75 Å². The van der Waals surface area contributed by atoms with Crippen LogP contribution in [-0.2, 0) is 15.1 Å². The number of thioether (sulfide) groups is 1. The van der Waals surface area contributed by atoms with Gasteiger partial charge in [0, 0.05) is 5.75 Å². The number of hydrogen-bond donors (Lipinski definition) is 2. The van der Waals surface area contributed by atoms with E-state index in [9.17, 15) is 14.7 Å². The minimum Gasteiger partial charge on any atom is -0.477 e. The molecule has 0 spiro atoms. The fourth-order valence-electron chi connectivity index (χ4n) is 6.28. The van der Waals surface area contributed by atoms with Gasteiger partial charge in [-0.3, -0.25) is 15.0 Å². The molecule has 6 heteroatoms. The average molecular weight is 511 g/mol. The van der Waals surface area contributed by atoms with E-state index >= 15 is 0 Å². The van der Waals surface area contributed by atoms with Crippen molar-refractivity contribution >= 4 is 23.6 Å². The van der Waals surface area contributed by atoms with Crippen LogP contribution >= 0.6 is 11.8 Å². The van der Waals surface area contributed by atoms with Crippen LogP contribution in [0.5, 0.6) is 0 Å². The third-order valence-corrected chi connectivity index (χ3v) is 9.34. The molecule has 1 amide bonds. The number of amides is 1. The van der Waals surface area contributed by atoms with E-state index in [0.717, 1.165) is 47.9 Å². The summed E-state index contributed by atoms with van der Waals surface area (Å²) in [4.78, 5) is 27.8. The Morgan fingerprint density at radius 1 is 0.838 bits per heavy atom. The Balaban J connectivity index is 1.44. The number of hydrogen-bond acceptors (Lipinski definition) is 4. The van der Waals surface area contributed by atoms with Crippen molar-refractivity contribution in [3.63, 3.8) is 0 Å². The third-order valence-electron chi connectivity index (χ3n) is 8.04. The van der Waals surface area contributed by atoms with Gasteiger partial charge in [0.05, 0.1) is 5.54 Å². The second-order valence-corrected chi connectivity index (χ2v) is 11.1. The summed E-state index contributed by atoms with van der Waals surface area (Å²) < 4.78 is 0. The van der Waals surface area contributed by atoms with Crippen LogP contribution in [0.1, 0.15) is 42.4 Å². The molecule has 6 rings (SSSR count). The zero-order valence-corrected chi connectivity index (χ0v) is 21.4. The van der Waals surface area contributed by atoms with Gasteiger partial charge < -0.3 is 5.11 Å². The summed E-state index contributed by atoms with van der Waals surface area (Å²) in [5.41, 5.74) is 3.47. The van der Waals surface area contributed by atoms with E-state index in [1.165, 1.54) is 0 Å². The van der Waals surface area contributed by atoms with Crippen LogP contribution in [0, 0.1) is 5.92 Å². The van der Waals surface area contributed by atoms with E-state index in [1.807, 2.05) is 54.6 Å². The third kappa shape index (κ3) is 3.99. The maximum atomic E-state index is 13.8. The minimum absolute atomic E-state index is 0.169. The van der Waals surface area contributed by atoms with Crippen molar-refractivity contribution in [3.8, 4) is 0 Å². The topological polar surface area (TPSA) is 69.6 Å². The van der Waals surface area contributed by atoms with Gasteiger partial charge in [-0.05, 0) is 41.0 Å². The van der Waals surface area contributed by atoms with Gasteiger partial charge in [0.1, 0.15) is 17.1 Å². The molecule has 2 atom stereocenters. The second kappa shape index (κ2) is 9.84. The molecule has 5 nitrogen and oxygen atoms in total. The average Bonchev–Trinajstić information content (AvgIpc) is 3.49. The molecule has 1 saturated heterocycles. The van der Waals surface area contributed by atoms with Crippen molar-refractivity contribution in [2.24, 2.45) is 5.92 Å². The highest BCUT2D eigenvalue weighted by Gasteiger charge is 2.56. The lowest BCUT2D eigenvalue weighted by Crippen LogP contribution is -2.72. The molecular weight excluding hydrogens is 480 g/mol. The highest BCUT2D eigenvalue weighted by molar-refractivity contribution is 8.00. The first-order valence-corrected chi connectivity index (χ1v) is 14.0. The molecule has 188 valence electrons. The lowest BCUT2D eigenvalue weighted by atomic mass is 9.76. The van der Waals surface area contributed by atoms with Crippen LogP contribution in [0.4, 0.5) is 0 Å². The predicted molar refractivity (Wildman–Crippen MR) is 146 cm³/mol. The number of aliphatic carboxylic acids is 1. The highest BCUT2D eigenvalue weighted by Crippen LogP contribution is 2.47. The van der Waals surface area contributed by atoms with Gasteiger partial charge >= 0.3 is 5.97 Å². The van der Waals surface area contributed by atoms with E-state index in [-0.39, 0.29) is 22.9 Å². The Kier molecular flexibility index (Phi) is 6.39. The molecule has 2 aliphatic heterocycles. The molecule has 1 saturated carbocycles. The Morgan fingerprint density at radius 3 is 1.78 bits per heavy atom. The fourth-order valence-corrected chi connectivity index (χ4v) is 7.74. The Hall–Kier alpha value is -3.35. The number of nitrogens with zero attached hydrogens (tertiary/aromatic N) is 1. The fraction of sp³-hybridized carbons (Fsp3) is 0.290. The first kappa shape index (κ1) is 24.0. The summed E-state index contributed by atoms with van der Waals surface area (Å²) in [5, 5.41) is 13.7. The summed E-state index contributed by atoms with van der Waals surface area (Å²) in [6.07, 6.45) is 4.28. The Morgan fingerprint density at radius 2 is 1.32 bits per heavy atom. The van der Waals surface area contributed by atoms with E-state index in [4.69, 9.17) is 0 Å². The number of rotatable bonds is 7. The molecule has 0 radical (unpaired) electrons. The van der Waals surface area contributed by atoms with Gasteiger partial charge in [0.25, 0.3) is 0 Å². The molecule has 0 bridgehead atoms. The molecule has 1 aliphatic carbocycles. The predicted octanol–water partition coefficient (Wildman–Crippen LogP) is 5.38. The molecule has 2 N–H and O–H groups in total. The lowest BCUT2D eigenvalue weighted by molar-refractivity contribution is -0.149. The van der Waals surface area contributed by atoms with Crippen molar-refractivity contribution in [1.29, 1.82) is 0 Å². The van der Waals surface area contributed by atoms with Crippen LogP contribution in [0.3, 0.4) is 0 Å². The highest BCUT2D eigenvalue weighted by atomic mass is 32.2. The molecule has 2 fully saturated rings. The maximum Gasteiger partial charge on any atom is 0.352 e. The molecule has 37 heavy (non-hydrogen) atoms. The monoisotopic (exact) mass is 510 g/mol. The normalized spacial score (nSPS) is 22.1. The summed E-state index contributed by atoms with van der Waals surface area (Å²) in [6.45, 7) is 0. The molecule has 1 unspecified atom stereocenters. The van der Waals surface area contributed by atoms with Crippen LogP contribution < -0.4 is 5.32 Å². The molecule has 2 heterocycles. The molecular formula is C31H30N2O3S. The largest absolute Gasteiger partial charge is 0.477 e. The number of β-lactam (4-membered cyclic amide) rings is 1. The smallest absolute Gasteiger partial charge is 0.352 e. The number of carboxylic acids is 1. The van der Waals surface area contributed by atoms with Gasteiger partial charge in [0.2, 0.25) is 5.91 Å². The van der Waals surface area contributed by atoms with Gasteiger partial charge in [-0.1, -0.05) is 104 Å². The first-order chi connectivity index (χ1) is 18.1. The molecule has 3 aromatic carbocycles. The summed E-state index contributed by atoms with van der Waals surface area (Å²) in [6, 6.07) is 30.1. The Bertz CT molecular complexity index is 1220. The number of nitrogens with one attached hydrogen (secondary N) is 1. The van der Waals surface area contributed by atoms with E-state index in [0.29, 0.717) is 5.75 Å². The van der Waals surface area contributed by atoms with Crippen molar-refractivity contribution in [3.05, 3.63) is 119 Å². The molecule has 0 aromatic heterocycles. The van der Waals surface area contributed by atoms with Gasteiger partial charge in [0.15, 0.2) is 0 Å². The number of carbonyl (C=O) groups is 2. The number of carboxylic acid groups (broad SMARTS) is 1. The maximum absolute atomic E-state index is 13.8. The zero-order valence-electron chi connectivity index (χ0n) is 20.5. The number of benzene rings is 3. The quantitative estimate of drug-likeness (QED) is 0.330. The Labute approximate surface area is 221 Å². The second-order valence-electron chi connectivity index (χ2n) is 10.0. The van der Waals surface area contributed by atoms with Crippen molar-refractivity contribution < 1.29 is 14.7 Å². The lowest BCUT2D eigenvalue weighted by Gasteiger charge is -2.53. The number of carbonyl (C=O) groups excluding carboxylic acids is 1. The van der Waals surface area contributed by atoms with E-state index in [2.05, 4.69) is 41.7 Å². The standard InChI is InChI=1S/C31H30N2O3S/c34-28-26(29-33(28)27(30(35)36)25(20-37-29)21-12-10-11-13-21)32-31(22-14-4-1-5-15-22,23-16-6-2-7-17-23)24-18-8-3-9-19-24/h1-9,14-19,21,26,29,32H,10-13,20H2,(H,35,36)/t26?,29-/m1/s1. The summed E-state index contributed by atoms with van der Waals surface area (Å²) in [5.74, 6) is -0.221. The van der Waals surface area contributed by atoms with Gasteiger partial charge in [-0.2, -0.15) is 0 Å². The zero-order chi connectivity index (χ0) is 25.4. The van der Waals surface area contributed by atoms with Crippen LogP contribution in [-0.4, -0.2) is 39.1 Å². The van der Waals surface area contributed by atoms with E-state index < -0.39 is 17.6 Å². The van der Waals surface area contributed by atoms with Gasteiger partial charge in [-0.15, -0.1) is 11.8 Å². The van der Waals surface area contributed by atoms with Crippen molar-refractivity contribution in [1.82, 2.24) is 10.2 Å². The van der Waals surface area contributed by atoms with Gasteiger partial charge in [-0.25, -0.2) is 4.79 Å². The molecule has 3 aromatic rings.